The number of hydrogen-bond donors (Lipinski definition) is 1. The third-order valence-electron chi connectivity index (χ3n) is 4.45. The molecule has 0 aliphatic heterocycles. The van der Waals surface area contributed by atoms with Crippen molar-refractivity contribution in [2.45, 2.75) is 56.3 Å². The summed E-state index contributed by atoms with van der Waals surface area (Å²) in [4.78, 5) is 0.318. The maximum Gasteiger partial charge on any atom is 0.183 e. The summed E-state index contributed by atoms with van der Waals surface area (Å²) in [5, 5.41) is 9.49. The highest BCUT2D eigenvalue weighted by Crippen LogP contribution is 2.41. The van der Waals surface area contributed by atoms with Gasteiger partial charge in [-0.1, -0.05) is 39.0 Å². The molecule has 0 spiro atoms. The minimum absolute atomic E-state index is 0.0740. The molecule has 1 aliphatic rings. The van der Waals surface area contributed by atoms with Gasteiger partial charge in [0, 0.05) is 0 Å². The van der Waals surface area contributed by atoms with Gasteiger partial charge in [0.15, 0.2) is 9.84 Å². The molecule has 1 fully saturated rings. The highest BCUT2D eigenvalue weighted by atomic mass is 32.2. The van der Waals surface area contributed by atoms with E-state index < -0.39 is 21.2 Å². The highest BCUT2D eigenvalue weighted by molar-refractivity contribution is 7.92. The number of rotatable bonds is 2. The van der Waals surface area contributed by atoms with Crippen molar-refractivity contribution in [2.75, 3.05) is 0 Å². The Morgan fingerprint density at radius 2 is 1.70 bits per heavy atom. The molecule has 0 amide bonds. The second-order valence-electron chi connectivity index (χ2n) is 6.84. The predicted octanol–water partition coefficient (Wildman–Crippen LogP) is 3.04. The fraction of sp³-hybridized carbons (Fsp3) is 0.625. The first-order chi connectivity index (χ1) is 9.23. The molecule has 0 aromatic heterocycles. The topological polar surface area (TPSA) is 54.4 Å². The molecule has 1 aromatic carbocycles. The van der Waals surface area contributed by atoms with E-state index in [0.29, 0.717) is 23.7 Å². The smallest absolute Gasteiger partial charge is 0.183 e. The third kappa shape index (κ3) is 3.07. The van der Waals surface area contributed by atoms with Crippen LogP contribution in [0.4, 0.5) is 0 Å². The maximum atomic E-state index is 12.7. The molecular weight excluding hydrogens is 272 g/mol. The van der Waals surface area contributed by atoms with Gasteiger partial charge in [-0.25, -0.2) is 8.42 Å². The molecule has 3 nitrogen and oxygen atoms in total. The first-order valence-corrected chi connectivity index (χ1v) is 8.74. The number of benzene rings is 1. The van der Waals surface area contributed by atoms with Crippen LogP contribution in [0, 0.1) is 11.3 Å². The van der Waals surface area contributed by atoms with Crippen LogP contribution in [-0.2, 0) is 9.84 Å². The Bertz CT molecular complexity index is 543. The zero-order chi connectivity index (χ0) is 15.0. The van der Waals surface area contributed by atoms with Crippen LogP contribution in [0.1, 0.15) is 40.0 Å². The van der Waals surface area contributed by atoms with Crippen molar-refractivity contribution in [2.24, 2.45) is 11.3 Å². The Kier molecular flexibility index (Phi) is 4.26. The van der Waals surface area contributed by atoms with Crippen LogP contribution in [0.2, 0.25) is 0 Å². The van der Waals surface area contributed by atoms with E-state index in [0.717, 1.165) is 6.42 Å². The normalized spacial score (nSPS) is 28.3. The van der Waals surface area contributed by atoms with Gasteiger partial charge in [-0.2, -0.15) is 0 Å². The van der Waals surface area contributed by atoms with Gasteiger partial charge in [-0.05, 0) is 42.7 Å². The predicted molar refractivity (Wildman–Crippen MR) is 80.2 cm³/mol. The standard InChI is InChI=1S/C16H24O3S/c1-16(2,3)12-9-10-14(17)15(11-12)20(18,19)13-7-5-4-6-8-13/h4-8,12,14-15,17H,9-11H2,1-3H3/t12-,14+,15+/m0/s1. The average Bonchev–Trinajstić information content (AvgIpc) is 2.38. The monoisotopic (exact) mass is 296 g/mol. The fourth-order valence-electron chi connectivity index (χ4n) is 3.02. The molecule has 4 heteroatoms. The Hall–Kier alpha value is -0.870. The molecule has 112 valence electrons. The molecule has 1 aliphatic carbocycles. The van der Waals surface area contributed by atoms with Crippen LogP contribution in [0.5, 0.6) is 0 Å². The SMILES string of the molecule is CC(C)(C)[C@H]1CC[C@@H](O)[C@H](S(=O)(=O)c2ccccc2)C1. The molecular formula is C16H24O3S. The van der Waals surface area contributed by atoms with Crippen LogP contribution in [0.3, 0.4) is 0 Å². The molecule has 1 aromatic rings. The molecule has 0 saturated heterocycles. The minimum atomic E-state index is -3.45. The van der Waals surface area contributed by atoms with E-state index in [1.807, 2.05) is 0 Å². The van der Waals surface area contributed by atoms with Gasteiger partial charge in [0.2, 0.25) is 0 Å². The van der Waals surface area contributed by atoms with Gasteiger partial charge in [0.1, 0.15) is 0 Å². The van der Waals surface area contributed by atoms with Crippen LogP contribution in [0.25, 0.3) is 0 Å². The first kappa shape index (κ1) is 15.5. The summed E-state index contributed by atoms with van der Waals surface area (Å²) in [6.07, 6.45) is 1.25. The number of hydrogen-bond acceptors (Lipinski definition) is 3. The lowest BCUT2D eigenvalue weighted by Gasteiger charge is -2.39. The average molecular weight is 296 g/mol. The zero-order valence-corrected chi connectivity index (χ0v) is 13.2. The summed E-state index contributed by atoms with van der Waals surface area (Å²) in [5.41, 5.74) is 0.0740. The molecule has 0 radical (unpaired) electrons. The van der Waals surface area contributed by atoms with Crippen molar-refractivity contribution in [3.05, 3.63) is 30.3 Å². The van der Waals surface area contributed by atoms with Gasteiger partial charge in [-0.3, -0.25) is 0 Å². The molecule has 0 unspecified atom stereocenters. The zero-order valence-electron chi connectivity index (χ0n) is 12.4. The van der Waals surface area contributed by atoms with Crippen molar-refractivity contribution in [1.82, 2.24) is 0 Å². The summed E-state index contributed by atoms with van der Waals surface area (Å²) in [7, 11) is -3.45. The lowest BCUT2D eigenvalue weighted by molar-refractivity contribution is 0.0757. The lowest BCUT2D eigenvalue weighted by atomic mass is 9.71. The van der Waals surface area contributed by atoms with Gasteiger partial charge in [0.25, 0.3) is 0 Å². The van der Waals surface area contributed by atoms with Gasteiger partial charge in [0.05, 0.1) is 16.2 Å². The van der Waals surface area contributed by atoms with Crippen LogP contribution in [-0.4, -0.2) is 24.9 Å². The maximum absolute atomic E-state index is 12.7. The van der Waals surface area contributed by atoms with E-state index in [1.165, 1.54) is 0 Å². The summed E-state index contributed by atoms with van der Waals surface area (Å²) in [5.74, 6) is 0.328. The summed E-state index contributed by atoms with van der Waals surface area (Å²) in [6, 6.07) is 8.48. The van der Waals surface area contributed by atoms with Crippen molar-refractivity contribution >= 4 is 9.84 Å². The number of aliphatic hydroxyl groups is 1. The Balaban J connectivity index is 2.30. The molecule has 1 N–H and O–H groups in total. The Morgan fingerprint density at radius 3 is 2.25 bits per heavy atom. The van der Waals surface area contributed by atoms with E-state index in [-0.39, 0.29) is 5.41 Å². The fourth-order valence-corrected chi connectivity index (χ4v) is 4.94. The van der Waals surface area contributed by atoms with Crippen molar-refractivity contribution in [3.63, 3.8) is 0 Å². The second kappa shape index (κ2) is 5.49. The molecule has 0 heterocycles. The summed E-state index contributed by atoms with van der Waals surface area (Å²) in [6.45, 7) is 6.42. The highest BCUT2D eigenvalue weighted by Gasteiger charge is 2.42. The van der Waals surface area contributed by atoms with Crippen molar-refractivity contribution in [3.8, 4) is 0 Å². The van der Waals surface area contributed by atoms with E-state index >= 15 is 0 Å². The van der Waals surface area contributed by atoms with Crippen LogP contribution < -0.4 is 0 Å². The van der Waals surface area contributed by atoms with Crippen LogP contribution >= 0.6 is 0 Å². The van der Waals surface area contributed by atoms with Crippen molar-refractivity contribution in [1.29, 1.82) is 0 Å². The van der Waals surface area contributed by atoms with Crippen molar-refractivity contribution < 1.29 is 13.5 Å². The third-order valence-corrected chi connectivity index (χ3v) is 6.68. The molecule has 2 rings (SSSR count). The van der Waals surface area contributed by atoms with Gasteiger partial charge >= 0.3 is 0 Å². The van der Waals surface area contributed by atoms with E-state index in [9.17, 15) is 13.5 Å². The summed E-state index contributed by atoms with van der Waals surface area (Å²) < 4.78 is 25.4. The van der Waals surface area contributed by atoms with Gasteiger partial charge < -0.3 is 5.11 Å². The molecule has 20 heavy (non-hydrogen) atoms. The molecule has 3 atom stereocenters. The van der Waals surface area contributed by atoms with E-state index in [1.54, 1.807) is 30.3 Å². The number of aliphatic hydroxyl groups excluding tert-OH is 1. The Morgan fingerprint density at radius 1 is 1.10 bits per heavy atom. The largest absolute Gasteiger partial charge is 0.392 e. The van der Waals surface area contributed by atoms with E-state index in [2.05, 4.69) is 20.8 Å². The first-order valence-electron chi connectivity index (χ1n) is 7.20. The lowest BCUT2D eigenvalue weighted by Crippen LogP contribution is -2.42. The van der Waals surface area contributed by atoms with E-state index in [4.69, 9.17) is 0 Å². The Labute approximate surface area is 121 Å². The minimum Gasteiger partial charge on any atom is -0.392 e. The second-order valence-corrected chi connectivity index (χ2v) is 9.01. The molecule has 1 saturated carbocycles. The van der Waals surface area contributed by atoms with Crippen LogP contribution in [0.15, 0.2) is 35.2 Å². The summed E-state index contributed by atoms with van der Waals surface area (Å²) >= 11 is 0. The van der Waals surface area contributed by atoms with Gasteiger partial charge in [-0.15, -0.1) is 0 Å². The number of sulfone groups is 1. The quantitative estimate of drug-likeness (QED) is 0.912. The molecule has 0 bridgehead atoms.